The second-order valence-corrected chi connectivity index (χ2v) is 5.32. The van der Waals surface area contributed by atoms with Gasteiger partial charge in [0.2, 0.25) is 0 Å². The Balaban J connectivity index is 1.87. The Bertz CT molecular complexity index is 750. The number of fused-ring (bicyclic) bond motifs is 1. The van der Waals surface area contributed by atoms with E-state index < -0.39 is 24.4 Å². The Morgan fingerprint density at radius 1 is 1.50 bits per heavy atom. The molecular weight excluding hydrogens is 322 g/mol. The number of hydrogen-bond donors (Lipinski definition) is 4. The fraction of sp³-hybridized carbons (Fsp3) is 0.538. The molecule has 3 heterocycles. The van der Waals surface area contributed by atoms with Gasteiger partial charge in [-0.15, -0.1) is 0 Å². The average molecular weight is 339 g/mol. The van der Waals surface area contributed by atoms with Gasteiger partial charge in [-0.3, -0.25) is 9.36 Å². The first-order valence-electron chi connectivity index (χ1n) is 7.28. The first kappa shape index (κ1) is 16.4. The van der Waals surface area contributed by atoms with Crippen LogP contribution in [-0.2, 0) is 9.53 Å². The third-order valence-electron chi connectivity index (χ3n) is 3.67. The van der Waals surface area contributed by atoms with Crippen molar-refractivity contribution in [3.63, 3.8) is 0 Å². The number of nitrogens with zero attached hydrogens (tertiary/aromatic N) is 4. The van der Waals surface area contributed by atoms with Gasteiger partial charge in [0.1, 0.15) is 18.9 Å². The van der Waals surface area contributed by atoms with Gasteiger partial charge in [0.15, 0.2) is 17.0 Å². The zero-order valence-corrected chi connectivity index (χ0v) is 12.6. The molecular formula is C13H17N5O6. The van der Waals surface area contributed by atoms with E-state index in [0.29, 0.717) is 11.2 Å². The Kier molecular flexibility index (Phi) is 4.46. The molecule has 0 spiro atoms. The van der Waals surface area contributed by atoms with E-state index in [4.69, 9.17) is 20.3 Å². The number of imidazole rings is 1. The molecule has 0 saturated carbocycles. The molecule has 1 aliphatic heterocycles. The molecule has 1 fully saturated rings. The van der Waals surface area contributed by atoms with Crippen molar-refractivity contribution in [2.24, 2.45) is 0 Å². The van der Waals surface area contributed by atoms with Crippen LogP contribution in [0.25, 0.3) is 11.2 Å². The second kappa shape index (κ2) is 6.55. The van der Waals surface area contributed by atoms with Crippen LogP contribution in [0.2, 0.25) is 0 Å². The van der Waals surface area contributed by atoms with Crippen molar-refractivity contribution in [1.29, 1.82) is 0 Å². The highest BCUT2D eigenvalue weighted by molar-refractivity contribution is 5.82. The average Bonchev–Trinajstić information content (AvgIpc) is 3.10. The SMILES string of the molecule is Nc1nc(OCCC(=O)O)nc2c1ncn2[C@H]1C[C@H](O)[C@@H](CO)O1. The van der Waals surface area contributed by atoms with Gasteiger partial charge < -0.3 is 30.5 Å². The van der Waals surface area contributed by atoms with Crippen LogP contribution in [0.3, 0.4) is 0 Å². The third kappa shape index (κ3) is 3.09. The van der Waals surface area contributed by atoms with E-state index in [0.717, 1.165) is 0 Å². The number of aromatic nitrogens is 4. The summed E-state index contributed by atoms with van der Waals surface area (Å²) in [6.07, 6.45) is -0.537. The number of carbonyl (C=O) groups is 1. The Hall–Kier alpha value is -2.50. The summed E-state index contributed by atoms with van der Waals surface area (Å²) >= 11 is 0. The highest BCUT2D eigenvalue weighted by atomic mass is 16.5. The predicted octanol–water partition coefficient (Wildman–Crippen LogP) is -1.10. The van der Waals surface area contributed by atoms with E-state index in [1.54, 1.807) is 4.57 Å². The zero-order valence-electron chi connectivity index (χ0n) is 12.6. The summed E-state index contributed by atoms with van der Waals surface area (Å²) in [6.45, 7) is -0.398. The van der Waals surface area contributed by atoms with Crippen molar-refractivity contribution in [2.75, 3.05) is 18.9 Å². The highest BCUT2D eigenvalue weighted by Gasteiger charge is 2.35. The summed E-state index contributed by atoms with van der Waals surface area (Å²) < 4.78 is 12.3. The highest BCUT2D eigenvalue weighted by Crippen LogP contribution is 2.31. The minimum absolute atomic E-state index is 0.0692. The topological polar surface area (TPSA) is 166 Å². The zero-order chi connectivity index (χ0) is 17.3. The monoisotopic (exact) mass is 339 g/mol. The molecule has 0 radical (unpaired) electrons. The predicted molar refractivity (Wildman–Crippen MR) is 79.1 cm³/mol. The maximum absolute atomic E-state index is 10.5. The molecule has 5 N–H and O–H groups in total. The van der Waals surface area contributed by atoms with E-state index in [9.17, 15) is 15.0 Å². The number of nitrogen functional groups attached to an aromatic ring is 1. The first-order valence-corrected chi connectivity index (χ1v) is 7.28. The van der Waals surface area contributed by atoms with Crippen molar-refractivity contribution in [3.8, 4) is 6.01 Å². The van der Waals surface area contributed by atoms with Gasteiger partial charge in [-0.25, -0.2) is 4.98 Å². The molecule has 1 aliphatic rings. The molecule has 2 aromatic heterocycles. The number of nitrogens with two attached hydrogens (primary N) is 1. The number of anilines is 1. The van der Waals surface area contributed by atoms with Gasteiger partial charge in [0, 0.05) is 6.42 Å². The quantitative estimate of drug-likeness (QED) is 0.507. The molecule has 0 bridgehead atoms. The van der Waals surface area contributed by atoms with Crippen LogP contribution in [-0.4, -0.2) is 66.2 Å². The summed E-state index contributed by atoms with van der Waals surface area (Å²) in [5.74, 6) is -0.918. The fourth-order valence-corrected chi connectivity index (χ4v) is 2.47. The molecule has 3 rings (SSSR count). The molecule has 2 aromatic rings. The van der Waals surface area contributed by atoms with Gasteiger partial charge in [-0.2, -0.15) is 9.97 Å². The molecule has 3 atom stereocenters. The number of carboxylic acids is 1. The summed E-state index contributed by atoms with van der Waals surface area (Å²) in [4.78, 5) is 22.8. The lowest BCUT2D eigenvalue weighted by molar-refractivity contribution is -0.137. The lowest BCUT2D eigenvalue weighted by atomic mass is 10.2. The largest absolute Gasteiger partial charge is 0.481 e. The second-order valence-electron chi connectivity index (χ2n) is 5.32. The molecule has 1 saturated heterocycles. The van der Waals surface area contributed by atoms with Gasteiger partial charge in [0.25, 0.3) is 0 Å². The van der Waals surface area contributed by atoms with Gasteiger partial charge in [-0.05, 0) is 0 Å². The van der Waals surface area contributed by atoms with Crippen molar-refractivity contribution in [3.05, 3.63) is 6.33 Å². The Morgan fingerprint density at radius 2 is 2.29 bits per heavy atom. The van der Waals surface area contributed by atoms with Crippen molar-refractivity contribution < 1.29 is 29.6 Å². The van der Waals surface area contributed by atoms with Gasteiger partial charge in [0.05, 0.1) is 25.5 Å². The van der Waals surface area contributed by atoms with E-state index >= 15 is 0 Å². The Labute approximate surface area is 135 Å². The number of rotatable bonds is 6. The van der Waals surface area contributed by atoms with Crippen LogP contribution < -0.4 is 10.5 Å². The number of carboxylic acid groups (broad SMARTS) is 1. The number of aliphatic hydroxyl groups excluding tert-OH is 2. The van der Waals surface area contributed by atoms with E-state index in [-0.39, 0.29) is 37.9 Å². The minimum atomic E-state index is -1.00. The Morgan fingerprint density at radius 3 is 2.96 bits per heavy atom. The molecule has 0 amide bonds. The number of aliphatic hydroxyl groups is 2. The normalized spacial score (nSPS) is 23.7. The smallest absolute Gasteiger partial charge is 0.320 e. The summed E-state index contributed by atoms with van der Waals surface area (Å²) in [6, 6.07) is -0.0692. The lowest BCUT2D eigenvalue weighted by Gasteiger charge is -2.14. The molecule has 130 valence electrons. The molecule has 11 nitrogen and oxygen atoms in total. The first-order chi connectivity index (χ1) is 11.5. The number of aliphatic carboxylic acids is 1. The van der Waals surface area contributed by atoms with Crippen molar-refractivity contribution in [2.45, 2.75) is 31.3 Å². The van der Waals surface area contributed by atoms with Crippen LogP contribution in [0.1, 0.15) is 19.1 Å². The van der Waals surface area contributed by atoms with Crippen LogP contribution in [0.15, 0.2) is 6.33 Å². The molecule has 24 heavy (non-hydrogen) atoms. The molecule has 0 aliphatic carbocycles. The summed E-state index contributed by atoms with van der Waals surface area (Å²) in [7, 11) is 0. The van der Waals surface area contributed by atoms with E-state index in [1.165, 1.54) is 6.33 Å². The van der Waals surface area contributed by atoms with Gasteiger partial charge >= 0.3 is 12.0 Å². The van der Waals surface area contributed by atoms with Crippen LogP contribution in [0.5, 0.6) is 6.01 Å². The number of ether oxygens (including phenoxy) is 2. The molecule has 11 heteroatoms. The van der Waals surface area contributed by atoms with Crippen molar-refractivity contribution >= 4 is 23.0 Å². The molecule has 0 aromatic carbocycles. The van der Waals surface area contributed by atoms with Gasteiger partial charge in [-0.1, -0.05) is 0 Å². The van der Waals surface area contributed by atoms with Crippen LogP contribution in [0, 0.1) is 0 Å². The standard InChI is InChI=1S/C13H17N5O6/c14-11-10-12(17-13(16-11)23-2-1-9(21)22)18(5-15-10)8-3-6(20)7(4-19)24-8/h5-8,19-20H,1-4H2,(H,21,22)(H2,14,16,17)/t6-,7+,8+/m0/s1. The van der Waals surface area contributed by atoms with E-state index in [1.807, 2.05) is 0 Å². The maximum atomic E-state index is 10.5. The van der Waals surface area contributed by atoms with Crippen LogP contribution in [0.4, 0.5) is 5.82 Å². The summed E-state index contributed by atoms with van der Waals surface area (Å²) in [5, 5.41) is 27.6. The van der Waals surface area contributed by atoms with Crippen LogP contribution >= 0.6 is 0 Å². The lowest BCUT2D eigenvalue weighted by Crippen LogP contribution is -2.24. The summed E-state index contributed by atoms with van der Waals surface area (Å²) in [5.41, 5.74) is 6.50. The maximum Gasteiger partial charge on any atom is 0.320 e. The molecule has 0 unspecified atom stereocenters. The third-order valence-corrected chi connectivity index (χ3v) is 3.67. The fourth-order valence-electron chi connectivity index (χ4n) is 2.47. The minimum Gasteiger partial charge on any atom is -0.481 e. The number of hydrogen-bond acceptors (Lipinski definition) is 9. The van der Waals surface area contributed by atoms with E-state index in [2.05, 4.69) is 15.0 Å². The van der Waals surface area contributed by atoms with Crippen molar-refractivity contribution in [1.82, 2.24) is 19.5 Å².